The van der Waals surface area contributed by atoms with Crippen molar-refractivity contribution in [1.29, 1.82) is 0 Å². The van der Waals surface area contributed by atoms with Crippen molar-refractivity contribution in [3.8, 4) is 0 Å². The molecule has 0 aliphatic carbocycles. The molecule has 0 amide bonds. The van der Waals surface area contributed by atoms with Crippen molar-refractivity contribution in [2.24, 2.45) is 0 Å². The van der Waals surface area contributed by atoms with Gasteiger partial charge in [-0.3, -0.25) is 0 Å². The average molecular weight is 370 g/mol. The summed E-state index contributed by atoms with van der Waals surface area (Å²) in [6, 6.07) is -0.159. The Bertz CT molecular complexity index is 916. The van der Waals surface area contributed by atoms with E-state index < -0.39 is 65.9 Å². The van der Waals surface area contributed by atoms with Crippen LogP contribution >= 0.6 is 0 Å². The first-order valence-corrected chi connectivity index (χ1v) is 7.40. The molecule has 0 unspecified atom stereocenters. The van der Waals surface area contributed by atoms with Gasteiger partial charge in [-0.15, -0.1) is 0 Å². The molecule has 128 valence electrons. The normalized spacial score (nSPS) is 11.6. The third-order valence-corrected chi connectivity index (χ3v) is 4.75. The summed E-state index contributed by atoms with van der Waals surface area (Å²) in [5.74, 6) is -14.7. The molecule has 0 radical (unpaired) electrons. The fraction of sp³-hybridized carbons (Fsp3) is 0. The van der Waals surface area contributed by atoms with Crippen LogP contribution < -0.4 is 0 Å². The molecule has 0 N–H and O–H groups in total. The molecular weight excluding hydrogens is 365 g/mol. The Labute approximate surface area is 130 Å². The summed E-state index contributed by atoms with van der Waals surface area (Å²) in [5.41, 5.74) is -1.26. The molecule has 0 aromatic heterocycles. The Balaban J connectivity index is 2.88. The van der Waals surface area contributed by atoms with Gasteiger partial charge in [0.05, 0.1) is 10.5 Å². The lowest BCUT2D eigenvalue weighted by Gasteiger charge is -2.11. The number of sulfone groups is 1. The second-order valence-corrected chi connectivity index (χ2v) is 6.29. The van der Waals surface area contributed by atoms with Crippen LogP contribution in [0.1, 0.15) is 5.56 Å². The third-order valence-electron chi connectivity index (χ3n) is 3.00. The summed E-state index contributed by atoms with van der Waals surface area (Å²) in [7, 11) is -5.44. The molecule has 0 aliphatic heterocycles. The lowest BCUT2D eigenvalue weighted by atomic mass is 10.2. The third kappa shape index (κ3) is 2.56. The Kier molecular flexibility index (Phi) is 4.44. The molecule has 2 rings (SSSR count). The molecule has 24 heavy (non-hydrogen) atoms. The van der Waals surface area contributed by atoms with Gasteiger partial charge in [-0.1, -0.05) is 12.7 Å². The van der Waals surface area contributed by atoms with Crippen LogP contribution in [-0.2, 0) is 9.84 Å². The molecule has 0 aliphatic rings. The highest BCUT2D eigenvalue weighted by atomic mass is 32.2. The van der Waals surface area contributed by atoms with E-state index in [1.165, 1.54) is 0 Å². The maximum absolute atomic E-state index is 13.9. The second-order valence-electron chi connectivity index (χ2n) is 4.41. The van der Waals surface area contributed by atoms with E-state index in [-0.39, 0.29) is 12.1 Å². The number of benzene rings is 2. The van der Waals surface area contributed by atoms with Crippen LogP contribution in [0.15, 0.2) is 28.5 Å². The fourth-order valence-corrected chi connectivity index (χ4v) is 3.25. The number of rotatable bonds is 3. The van der Waals surface area contributed by atoms with Crippen LogP contribution in [0.5, 0.6) is 0 Å². The van der Waals surface area contributed by atoms with Crippen molar-refractivity contribution in [3.63, 3.8) is 0 Å². The minimum atomic E-state index is -5.44. The predicted octanol–water partition coefficient (Wildman–Crippen LogP) is 4.14. The molecule has 2 aromatic carbocycles. The molecule has 10 heteroatoms. The van der Waals surface area contributed by atoms with E-state index in [0.717, 1.165) is 0 Å². The first-order valence-electron chi connectivity index (χ1n) is 5.92. The van der Waals surface area contributed by atoms with E-state index in [9.17, 15) is 39.2 Å². The van der Waals surface area contributed by atoms with Crippen LogP contribution in [0.3, 0.4) is 0 Å². The first-order chi connectivity index (χ1) is 11.0. The zero-order valence-electron chi connectivity index (χ0n) is 11.3. The van der Waals surface area contributed by atoms with Gasteiger partial charge in [0.1, 0.15) is 4.90 Å². The van der Waals surface area contributed by atoms with E-state index in [4.69, 9.17) is 0 Å². The molecule has 0 heterocycles. The van der Waals surface area contributed by atoms with Crippen LogP contribution in [0, 0.1) is 40.7 Å². The van der Waals surface area contributed by atoms with Gasteiger partial charge < -0.3 is 0 Å². The highest BCUT2D eigenvalue weighted by molar-refractivity contribution is 7.91. The zero-order chi connectivity index (χ0) is 18.4. The molecular formula is C14H5F7O2S. The van der Waals surface area contributed by atoms with Gasteiger partial charge in [-0.25, -0.2) is 39.2 Å². The summed E-state index contributed by atoms with van der Waals surface area (Å²) in [4.78, 5) is -3.53. The zero-order valence-corrected chi connectivity index (χ0v) is 12.1. The summed E-state index contributed by atoms with van der Waals surface area (Å²) in [5, 5.41) is 0. The summed E-state index contributed by atoms with van der Waals surface area (Å²) in [6.07, 6.45) is 0.407. The average Bonchev–Trinajstić information content (AvgIpc) is 2.50. The van der Waals surface area contributed by atoms with Crippen LogP contribution in [0.2, 0.25) is 0 Å². The lowest BCUT2D eigenvalue weighted by Crippen LogP contribution is -2.13. The molecule has 2 nitrogen and oxygen atoms in total. The van der Waals surface area contributed by atoms with E-state index >= 15 is 0 Å². The van der Waals surface area contributed by atoms with Gasteiger partial charge >= 0.3 is 0 Å². The molecule has 2 aromatic rings. The number of halogens is 7. The summed E-state index contributed by atoms with van der Waals surface area (Å²) in [6.45, 7) is 2.91. The molecule has 0 saturated carbocycles. The van der Waals surface area contributed by atoms with E-state index in [2.05, 4.69) is 6.58 Å². The largest absolute Gasteiger partial charge is 0.218 e. The smallest absolute Gasteiger partial charge is 0.212 e. The van der Waals surface area contributed by atoms with Gasteiger partial charge in [0, 0.05) is 0 Å². The topological polar surface area (TPSA) is 34.1 Å². The second kappa shape index (κ2) is 5.93. The molecule has 0 bridgehead atoms. The van der Waals surface area contributed by atoms with E-state index in [1.807, 2.05) is 0 Å². The van der Waals surface area contributed by atoms with Crippen molar-refractivity contribution in [1.82, 2.24) is 0 Å². The standard InChI is InChI=1S/C14H5F7O2S/c1-2-6-9(17)12(20)14(13(21)10(6)18)24(22,23)5-3-7(15)11(19)8(16)4-5/h2-4H,1H2. The van der Waals surface area contributed by atoms with Gasteiger partial charge in [0.15, 0.2) is 40.7 Å². The minimum Gasteiger partial charge on any atom is -0.218 e. The molecule has 0 spiro atoms. The highest BCUT2D eigenvalue weighted by Crippen LogP contribution is 2.32. The predicted molar refractivity (Wildman–Crippen MR) is 68.1 cm³/mol. The van der Waals surface area contributed by atoms with Crippen LogP contribution in [0.25, 0.3) is 6.08 Å². The van der Waals surface area contributed by atoms with Crippen molar-refractivity contribution in [3.05, 3.63) is 65.0 Å². The van der Waals surface area contributed by atoms with E-state index in [1.54, 1.807) is 0 Å². The highest BCUT2D eigenvalue weighted by Gasteiger charge is 2.34. The monoisotopic (exact) mass is 370 g/mol. The number of hydrogen-bond donors (Lipinski definition) is 0. The van der Waals surface area contributed by atoms with Crippen molar-refractivity contribution in [2.75, 3.05) is 0 Å². The Morgan fingerprint density at radius 3 is 1.54 bits per heavy atom. The Hall–Kier alpha value is -2.36. The van der Waals surface area contributed by atoms with Crippen molar-refractivity contribution in [2.45, 2.75) is 9.79 Å². The first kappa shape index (κ1) is 18.0. The minimum absolute atomic E-state index is 0.0795. The van der Waals surface area contributed by atoms with Gasteiger partial charge in [-0.05, 0) is 12.1 Å². The van der Waals surface area contributed by atoms with E-state index in [0.29, 0.717) is 6.08 Å². The maximum Gasteiger partial charge on any atom is 0.212 e. The maximum atomic E-state index is 13.9. The van der Waals surface area contributed by atoms with Crippen molar-refractivity contribution >= 4 is 15.9 Å². The molecule has 0 fully saturated rings. The number of hydrogen-bond acceptors (Lipinski definition) is 2. The summed E-state index contributed by atoms with van der Waals surface area (Å²) < 4.78 is 118. The SMILES string of the molecule is C=Cc1c(F)c(F)c(S(=O)(=O)c2cc(F)c(F)c(F)c2)c(F)c1F. The van der Waals surface area contributed by atoms with Crippen molar-refractivity contribution < 1.29 is 39.2 Å². The summed E-state index contributed by atoms with van der Waals surface area (Å²) >= 11 is 0. The quantitative estimate of drug-likeness (QED) is 0.352. The van der Waals surface area contributed by atoms with Gasteiger partial charge in [-0.2, -0.15) is 0 Å². The lowest BCUT2D eigenvalue weighted by molar-refractivity contribution is 0.416. The molecule has 0 atom stereocenters. The Morgan fingerprint density at radius 1 is 0.750 bits per heavy atom. The van der Waals surface area contributed by atoms with Crippen LogP contribution in [0.4, 0.5) is 30.7 Å². The van der Waals surface area contributed by atoms with Crippen LogP contribution in [-0.4, -0.2) is 8.42 Å². The molecule has 0 saturated heterocycles. The fourth-order valence-electron chi connectivity index (χ4n) is 1.85. The van der Waals surface area contributed by atoms with Gasteiger partial charge in [0.25, 0.3) is 0 Å². The van der Waals surface area contributed by atoms with Gasteiger partial charge in [0.2, 0.25) is 9.84 Å². The Morgan fingerprint density at radius 2 is 1.17 bits per heavy atom.